The van der Waals surface area contributed by atoms with Gasteiger partial charge in [-0.3, -0.25) is 4.79 Å². The second kappa shape index (κ2) is 24.1. The fraction of sp³-hybridized carbons (Fsp3) is 0.312. The molecule has 0 spiro atoms. The number of benzene rings is 3. The topological polar surface area (TPSA) is 199 Å². The van der Waals surface area contributed by atoms with Crippen LogP contribution in [0.5, 0.6) is 0 Å². The monoisotopic (exact) mass is 859 g/mol. The van der Waals surface area contributed by atoms with E-state index >= 15 is 0 Å². The van der Waals surface area contributed by atoms with E-state index in [0.29, 0.717) is 35.1 Å². The van der Waals surface area contributed by atoms with Crippen molar-refractivity contribution >= 4 is 41.0 Å². The second-order valence-electron chi connectivity index (χ2n) is 15.0. The molecule has 2 heterocycles. The van der Waals surface area contributed by atoms with Crippen molar-refractivity contribution < 1.29 is 19.8 Å². The lowest BCUT2D eigenvalue weighted by Gasteiger charge is -2.32. The third-order valence-electron chi connectivity index (χ3n) is 10.3. The number of carboxylic acid groups (broad SMARTS) is 1. The van der Waals surface area contributed by atoms with Crippen molar-refractivity contribution in [3.63, 3.8) is 0 Å². The van der Waals surface area contributed by atoms with Crippen molar-refractivity contribution in [2.75, 3.05) is 0 Å². The zero-order valence-corrected chi connectivity index (χ0v) is 36.8. The summed E-state index contributed by atoms with van der Waals surface area (Å²) in [6.07, 6.45) is 11.1. The number of aliphatic hydroxyl groups is 1. The zero-order chi connectivity index (χ0) is 45.2. The van der Waals surface area contributed by atoms with Crippen LogP contribution in [-0.4, -0.2) is 69.9 Å². The van der Waals surface area contributed by atoms with Crippen molar-refractivity contribution in [3.05, 3.63) is 143 Å². The minimum Gasteiger partial charge on any atom is -0.480 e. The van der Waals surface area contributed by atoms with E-state index in [-0.39, 0.29) is 25.0 Å². The van der Waals surface area contributed by atoms with Gasteiger partial charge in [0.1, 0.15) is 23.3 Å². The average Bonchev–Trinajstić information content (AvgIpc) is 3.92. The van der Waals surface area contributed by atoms with Gasteiger partial charge >= 0.3 is 5.97 Å². The van der Waals surface area contributed by atoms with Crippen molar-refractivity contribution in [1.29, 1.82) is 5.41 Å². The number of unbranched alkanes of at least 4 members (excludes halogenated alkanes) is 2. The summed E-state index contributed by atoms with van der Waals surface area (Å²) in [5.41, 5.74) is 8.87. The molecule has 0 saturated heterocycles. The molecule has 62 heavy (non-hydrogen) atoms. The van der Waals surface area contributed by atoms with Gasteiger partial charge in [0.05, 0.1) is 18.5 Å². The summed E-state index contributed by atoms with van der Waals surface area (Å²) < 4.78 is 1.99. The van der Waals surface area contributed by atoms with Crippen LogP contribution in [0.3, 0.4) is 0 Å². The van der Waals surface area contributed by atoms with Crippen LogP contribution in [0.25, 0.3) is 28.0 Å². The fourth-order valence-electron chi connectivity index (χ4n) is 7.04. The third kappa shape index (κ3) is 12.6. The van der Waals surface area contributed by atoms with E-state index in [9.17, 15) is 19.8 Å². The van der Waals surface area contributed by atoms with Gasteiger partial charge in [-0.1, -0.05) is 150 Å². The molecular formula is C48H58ClN9O4. The number of halogens is 1. The number of nitrogens with two attached hydrogens (primary N) is 1. The van der Waals surface area contributed by atoms with E-state index in [2.05, 4.69) is 45.6 Å². The van der Waals surface area contributed by atoms with Gasteiger partial charge in [-0.15, -0.1) is 0 Å². The van der Waals surface area contributed by atoms with Crippen molar-refractivity contribution in [2.24, 2.45) is 16.9 Å². The summed E-state index contributed by atoms with van der Waals surface area (Å²) in [6, 6.07) is 22.9. The van der Waals surface area contributed by atoms with Crippen molar-refractivity contribution in [3.8, 4) is 22.4 Å². The average molecular weight is 861 g/mol. The SMILES string of the molecule is C=C/C=C(\C(=C)/C(C=N)=N/N)c1ccc(Cn2c(CCCC)nc(Cl)c2CO)cc1.CCCCC(=O)N(Cc1ccc(-c2ccccc2-c2cn[nH]n2)cc1)C(C(=O)O)C(C)C. The molecule has 14 heteroatoms. The van der Waals surface area contributed by atoms with Crippen molar-refractivity contribution in [1.82, 2.24) is 29.9 Å². The Balaban J connectivity index is 0.000000273. The maximum absolute atomic E-state index is 12.9. The number of aliphatic hydroxyl groups excluding tert-OH is 1. The van der Waals surface area contributed by atoms with E-state index in [1.54, 1.807) is 12.3 Å². The predicted octanol–water partition coefficient (Wildman–Crippen LogP) is 9.28. The largest absolute Gasteiger partial charge is 0.480 e. The smallest absolute Gasteiger partial charge is 0.326 e. The summed E-state index contributed by atoms with van der Waals surface area (Å²) >= 11 is 6.23. The summed E-state index contributed by atoms with van der Waals surface area (Å²) in [4.78, 5) is 30.8. The number of allylic oxidation sites excluding steroid dienone is 4. The molecule has 1 unspecified atom stereocenters. The molecule has 0 fully saturated rings. The highest BCUT2D eigenvalue weighted by Crippen LogP contribution is 2.31. The minimum absolute atomic E-state index is 0.117. The lowest BCUT2D eigenvalue weighted by atomic mass is 9.94. The number of carbonyl (C=O) groups is 2. The van der Waals surface area contributed by atoms with E-state index < -0.39 is 12.0 Å². The summed E-state index contributed by atoms with van der Waals surface area (Å²) in [6.45, 7) is 16.3. The fourth-order valence-corrected chi connectivity index (χ4v) is 7.30. The number of nitrogens with zero attached hydrogens (tertiary/aromatic N) is 6. The quantitative estimate of drug-likeness (QED) is 0.0208. The number of H-pyrrole nitrogens is 1. The first-order valence-electron chi connectivity index (χ1n) is 20.7. The van der Waals surface area contributed by atoms with Gasteiger partial charge in [0.15, 0.2) is 5.15 Å². The van der Waals surface area contributed by atoms with Gasteiger partial charge in [-0.05, 0) is 52.1 Å². The predicted molar refractivity (Wildman–Crippen MR) is 249 cm³/mol. The Morgan fingerprint density at radius 3 is 2.23 bits per heavy atom. The Hall–Kier alpha value is -6.44. The molecule has 5 aromatic rings. The molecule has 2 aromatic heterocycles. The van der Waals surface area contributed by atoms with Crippen molar-refractivity contribution in [2.45, 2.75) is 92.0 Å². The molecule has 0 saturated carbocycles. The first-order chi connectivity index (χ1) is 29.9. The summed E-state index contributed by atoms with van der Waals surface area (Å²) in [7, 11) is 0. The zero-order valence-electron chi connectivity index (χ0n) is 36.0. The number of hydrazone groups is 1. The highest BCUT2D eigenvalue weighted by atomic mass is 35.5. The first kappa shape index (κ1) is 48.2. The Kier molecular flexibility index (Phi) is 18.8. The molecule has 0 aliphatic heterocycles. The van der Waals surface area contributed by atoms with E-state index in [0.717, 1.165) is 88.8 Å². The highest BCUT2D eigenvalue weighted by Gasteiger charge is 2.32. The number of aliphatic carboxylic acids is 1. The number of hydrogen-bond acceptors (Lipinski definition) is 9. The lowest BCUT2D eigenvalue weighted by Crippen LogP contribution is -2.47. The minimum atomic E-state index is -0.969. The number of carboxylic acids is 1. The van der Waals surface area contributed by atoms with Crippen LogP contribution in [0.15, 0.2) is 115 Å². The number of rotatable bonds is 21. The van der Waals surface area contributed by atoms with Gasteiger partial charge in [0.2, 0.25) is 5.91 Å². The number of aromatic amines is 1. The number of amides is 1. The standard InChI is InChI=1S/C25H30N4O3.C23H28ClN5O/c1-4-5-10-23(30)29(24(17(2)3)25(31)32)16-18-11-13-19(14-12-18)20-8-6-7-9-21(20)22-15-26-28-27-22;1-4-6-8-22-27-23(24)21(15-30)29(22)14-17-9-11-18(12-10-17)19(7-5-2)16(3)20(13-25)28-26/h6-9,11-15,17,24H,4-5,10,16H2,1-3H3,(H,31,32)(H,26,27,28);5,7,9-13,25,30H,2-4,6,8,14-15,26H2,1H3/b;19-7+,25-13?,28-20+. The molecule has 1 atom stereocenters. The van der Waals surface area contributed by atoms with Crippen LogP contribution in [0.1, 0.15) is 88.0 Å². The number of aromatic nitrogens is 5. The van der Waals surface area contributed by atoms with Crippen LogP contribution >= 0.6 is 11.6 Å². The molecule has 0 radical (unpaired) electrons. The van der Waals surface area contributed by atoms with Gasteiger partial charge in [0.25, 0.3) is 0 Å². The first-order valence-corrected chi connectivity index (χ1v) is 21.1. The van der Waals surface area contributed by atoms with Crippen LogP contribution in [0.4, 0.5) is 0 Å². The number of nitrogens with one attached hydrogen (secondary N) is 2. The van der Waals surface area contributed by atoms with Gasteiger partial charge < -0.3 is 30.9 Å². The Morgan fingerprint density at radius 2 is 1.68 bits per heavy atom. The molecule has 13 nitrogen and oxygen atoms in total. The van der Waals surface area contributed by atoms with E-state index in [4.69, 9.17) is 22.9 Å². The number of carbonyl (C=O) groups excluding carboxylic acids is 1. The molecule has 5 rings (SSSR count). The lowest BCUT2D eigenvalue weighted by molar-refractivity contribution is -0.153. The van der Waals surface area contributed by atoms with Crippen LogP contribution < -0.4 is 5.84 Å². The third-order valence-corrected chi connectivity index (χ3v) is 10.6. The Morgan fingerprint density at radius 1 is 1.02 bits per heavy atom. The van der Waals surface area contributed by atoms with Crippen LogP contribution in [-0.2, 0) is 35.7 Å². The van der Waals surface area contributed by atoms with E-state index in [1.807, 2.05) is 104 Å². The Bertz CT molecular complexity index is 2330. The highest BCUT2D eigenvalue weighted by molar-refractivity contribution is 6.41. The second-order valence-corrected chi connectivity index (χ2v) is 15.4. The van der Waals surface area contributed by atoms with Crippen LogP contribution in [0.2, 0.25) is 5.15 Å². The molecule has 6 N–H and O–H groups in total. The van der Waals surface area contributed by atoms with Crippen LogP contribution in [0, 0.1) is 11.3 Å². The normalized spacial score (nSPS) is 12.0. The molecule has 3 aromatic carbocycles. The maximum Gasteiger partial charge on any atom is 0.326 e. The molecule has 0 aliphatic carbocycles. The molecule has 0 bridgehead atoms. The van der Waals surface area contributed by atoms with Gasteiger partial charge in [-0.25, -0.2) is 9.78 Å². The van der Waals surface area contributed by atoms with Gasteiger partial charge in [-0.2, -0.15) is 20.5 Å². The summed E-state index contributed by atoms with van der Waals surface area (Å²) in [5.74, 6) is 4.97. The number of hydrogen-bond donors (Lipinski definition) is 5. The van der Waals surface area contributed by atoms with Gasteiger partial charge in [0, 0.05) is 43.3 Å². The maximum atomic E-state index is 12.9. The number of imidazole rings is 1. The molecule has 326 valence electrons. The molecule has 1 amide bonds. The van der Waals surface area contributed by atoms with E-state index in [1.165, 1.54) is 4.90 Å². The summed E-state index contributed by atoms with van der Waals surface area (Å²) in [5, 5.41) is 41.7. The molecular weight excluding hydrogens is 802 g/mol. The molecule has 0 aliphatic rings. The number of aryl methyl sites for hydroxylation is 1. The Labute approximate surface area is 369 Å².